The standard InChI is InChI=1S/C32H38O6/c1-2-3-13-20-35-32-31(37-23-27-18-11-6-12-19-27)30(36-22-26-16-9-5-10-17-26)29(33)28(38-32)24-34-21-25-14-7-4-8-15-25/h2,4-12,14-19,28-33H,1,3,13,20-24H2/t28-,29-,30+,31-,32-/m1/s1. The summed E-state index contributed by atoms with van der Waals surface area (Å²) in [6, 6.07) is 29.7. The first kappa shape index (κ1) is 28.2. The van der Waals surface area contributed by atoms with Crippen molar-refractivity contribution in [3.8, 4) is 0 Å². The van der Waals surface area contributed by atoms with Crippen LogP contribution in [0.3, 0.4) is 0 Å². The number of aliphatic hydroxyl groups is 1. The quantitative estimate of drug-likeness (QED) is 0.213. The van der Waals surface area contributed by atoms with Crippen LogP contribution in [0.4, 0.5) is 0 Å². The van der Waals surface area contributed by atoms with Crippen molar-refractivity contribution >= 4 is 0 Å². The minimum atomic E-state index is -0.969. The third-order valence-electron chi connectivity index (χ3n) is 6.42. The molecule has 0 saturated carbocycles. The first-order chi connectivity index (χ1) is 18.7. The van der Waals surface area contributed by atoms with Gasteiger partial charge in [-0.15, -0.1) is 6.58 Å². The van der Waals surface area contributed by atoms with Crippen LogP contribution in [0, 0.1) is 0 Å². The number of allylic oxidation sites excluding steroid dienone is 1. The number of rotatable bonds is 15. The van der Waals surface area contributed by atoms with Crippen LogP contribution >= 0.6 is 0 Å². The third kappa shape index (κ3) is 8.60. The van der Waals surface area contributed by atoms with Gasteiger partial charge in [0.15, 0.2) is 6.29 Å². The van der Waals surface area contributed by atoms with Crippen molar-refractivity contribution in [3.63, 3.8) is 0 Å². The maximum Gasteiger partial charge on any atom is 0.186 e. The Balaban J connectivity index is 1.49. The van der Waals surface area contributed by atoms with Crippen LogP contribution < -0.4 is 0 Å². The average molecular weight is 519 g/mol. The number of aliphatic hydroxyl groups excluding tert-OH is 1. The smallest absolute Gasteiger partial charge is 0.186 e. The molecule has 38 heavy (non-hydrogen) atoms. The van der Waals surface area contributed by atoms with E-state index in [0.717, 1.165) is 29.5 Å². The van der Waals surface area contributed by atoms with Gasteiger partial charge in [-0.2, -0.15) is 0 Å². The lowest BCUT2D eigenvalue weighted by Crippen LogP contribution is -2.61. The fraction of sp³-hybridized carbons (Fsp3) is 0.375. The molecule has 4 rings (SSSR count). The zero-order valence-electron chi connectivity index (χ0n) is 21.8. The molecule has 202 valence electrons. The van der Waals surface area contributed by atoms with Crippen LogP contribution in [-0.2, 0) is 43.5 Å². The van der Waals surface area contributed by atoms with Gasteiger partial charge in [-0.05, 0) is 29.5 Å². The van der Waals surface area contributed by atoms with Gasteiger partial charge in [-0.3, -0.25) is 0 Å². The van der Waals surface area contributed by atoms with Crippen molar-refractivity contribution in [3.05, 3.63) is 120 Å². The zero-order valence-corrected chi connectivity index (χ0v) is 21.8. The summed E-state index contributed by atoms with van der Waals surface area (Å²) >= 11 is 0. The number of hydrogen-bond acceptors (Lipinski definition) is 6. The van der Waals surface area contributed by atoms with E-state index in [9.17, 15) is 5.11 Å². The van der Waals surface area contributed by atoms with Gasteiger partial charge in [-0.25, -0.2) is 0 Å². The Kier molecular flexibility index (Phi) is 11.5. The Bertz CT molecular complexity index is 1050. The molecule has 5 atom stereocenters. The minimum absolute atomic E-state index is 0.194. The molecule has 6 heteroatoms. The van der Waals surface area contributed by atoms with E-state index in [0.29, 0.717) is 26.4 Å². The Labute approximate surface area is 225 Å². The molecule has 3 aromatic carbocycles. The van der Waals surface area contributed by atoms with E-state index in [1.54, 1.807) is 0 Å². The minimum Gasteiger partial charge on any atom is -0.387 e. The summed E-state index contributed by atoms with van der Waals surface area (Å²) in [6.07, 6.45) is -0.137. The summed E-state index contributed by atoms with van der Waals surface area (Å²) in [5.41, 5.74) is 3.08. The molecular formula is C32H38O6. The summed E-state index contributed by atoms with van der Waals surface area (Å²) in [4.78, 5) is 0. The number of benzene rings is 3. The molecule has 6 nitrogen and oxygen atoms in total. The van der Waals surface area contributed by atoms with Crippen molar-refractivity contribution in [2.24, 2.45) is 0 Å². The molecule has 0 aliphatic carbocycles. The Morgan fingerprint density at radius 1 is 0.711 bits per heavy atom. The van der Waals surface area contributed by atoms with Crippen molar-refractivity contribution in [1.29, 1.82) is 0 Å². The first-order valence-corrected chi connectivity index (χ1v) is 13.2. The van der Waals surface area contributed by atoms with Crippen LogP contribution in [0.5, 0.6) is 0 Å². The second-order valence-corrected chi connectivity index (χ2v) is 9.36. The van der Waals surface area contributed by atoms with E-state index in [4.69, 9.17) is 23.7 Å². The Morgan fingerprint density at radius 3 is 1.79 bits per heavy atom. The van der Waals surface area contributed by atoms with Crippen LogP contribution in [0.1, 0.15) is 29.5 Å². The average Bonchev–Trinajstić information content (AvgIpc) is 2.96. The van der Waals surface area contributed by atoms with E-state index in [1.807, 2.05) is 97.1 Å². The predicted octanol–water partition coefficient (Wildman–Crippen LogP) is 5.44. The second kappa shape index (κ2) is 15.5. The normalized spacial score (nSPS) is 23.2. The maximum atomic E-state index is 11.4. The highest BCUT2D eigenvalue weighted by atomic mass is 16.7. The number of unbranched alkanes of at least 4 members (excludes halogenated alkanes) is 1. The van der Waals surface area contributed by atoms with Gasteiger partial charge in [0.1, 0.15) is 24.4 Å². The zero-order chi connectivity index (χ0) is 26.4. The largest absolute Gasteiger partial charge is 0.387 e. The lowest BCUT2D eigenvalue weighted by Gasteiger charge is -2.44. The van der Waals surface area contributed by atoms with E-state index in [2.05, 4.69) is 6.58 Å². The molecule has 1 aliphatic rings. The molecule has 3 aromatic rings. The molecule has 1 aliphatic heterocycles. The Morgan fingerprint density at radius 2 is 1.24 bits per heavy atom. The van der Waals surface area contributed by atoms with E-state index in [-0.39, 0.29) is 6.61 Å². The van der Waals surface area contributed by atoms with E-state index < -0.39 is 30.7 Å². The van der Waals surface area contributed by atoms with Gasteiger partial charge in [0.2, 0.25) is 0 Å². The molecule has 0 spiro atoms. The molecule has 1 fully saturated rings. The van der Waals surface area contributed by atoms with E-state index >= 15 is 0 Å². The van der Waals surface area contributed by atoms with Gasteiger partial charge in [0.05, 0.1) is 33.0 Å². The van der Waals surface area contributed by atoms with Gasteiger partial charge in [-0.1, -0.05) is 97.1 Å². The van der Waals surface area contributed by atoms with Gasteiger partial charge >= 0.3 is 0 Å². The lowest BCUT2D eigenvalue weighted by molar-refractivity contribution is -0.321. The predicted molar refractivity (Wildman–Crippen MR) is 146 cm³/mol. The fourth-order valence-electron chi connectivity index (χ4n) is 4.36. The Hall–Kier alpha value is -2.84. The monoisotopic (exact) mass is 518 g/mol. The van der Waals surface area contributed by atoms with Crippen LogP contribution in [0.2, 0.25) is 0 Å². The molecular weight excluding hydrogens is 480 g/mol. The highest BCUT2D eigenvalue weighted by Gasteiger charge is 2.47. The maximum absolute atomic E-state index is 11.4. The molecule has 1 N–H and O–H groups in total. The number of hydrogen-bond donors (Lipinski definition) is 1. The molecule has 1 saturated heterocycles. The summed E-state index contributed by atoms with van der Waals surface area (Å²) in [7, 11) is 0. The number of ether oxygens (including phenoxy) is 5. The van der Waals surface area contributed by atoms with Crippen LogP contribution in [0.15, 0.2) is 104 Å². The fourth-order valence-corrected chi connectivity index (χ4v) is 4.36. The molecule has 0 amide bonds. The van der Waals surface area contributed by atoms with Crippen molar-refractivity contribution in [1.82, 2.24) is 0 Å². The van der Waals surface area contributed by atoms with Crippen molar-refractivity contribution < 1.29 is 28.8 Å². The summed E-state index contributed by atoms with van der Waals surface area (Å²) in [5, 5.41) is 11.4. The summed E-state index contributed by atoms with van der Waals surface area (Å²) in [6.45, 7) is 5.54. The first-order valence-electron chi connectivity index (χ1n) is 13.2. The van der Waals surface area contributed by atoms with Crippen molar-refractivity contribution in [2.75, 3.05) is 13.2 Å². The lowest BCUT2D eigenvalue weighted by atomic mass is 9.98. The summed E-state index contributed by atoms with van der Waals surface area (Å²) < 4.78 is 31.1. The molecule has 0 aromatic heterocycles. The van der Waals surface area contributed by atoms with Gasteiger partial charge in [0, 0.05) is 0 Å². The SMILES string of the molecule is C=CCCCO[C@@H]1O[C@H](COCc2ccccc2)[C@@H](O)[C@H](OCc2ccccc2)[C@H]1OCc1ccccc1. The highest BCUT2D eigenvalue weighted by Crippen LogP contribution is 2.29. The van der Waals surface area contributed by atoms with Crippen LogP contribution in [-0.4, -0.2) is 49.0 Å². The second-order valence-electron chi connectivity index (χ2n) is 9.36. The molecule has 1 heterocycles. The molecule has 0 unspecified atom stereocenters. The van der Waals surface area contributed by atoms with E-state index in [1.165, 1.54) is 0 Å². The molecule has 0 radical (unpaired) electrons. The summed E-state index contributed by atoms with van der Waals surface area (Å²) in [5.74, 6) is 0. The van der Waals surface area contributed by atoms with Crippen molar-refractivity contribution in [2.45, 2.75) is 63.4 Å². The van der Waals surface area contributed by atoms with Gasteiger partial charge < -0.3 is 28.8 Å². The van der Waals surface area contributed by atoms with Crippen LogP contribution in [0.25, 0.3) is 0 Å². The third-order valence-corrected chi connectivity index (χ3v) is 6.42. The topological polar surface area (TPSA) is 66.4 Å². The van der Waals surface area contributed by atoms with Gasteiger partial charge in [0.25, 0.3) is 0 Å². The molecule has 0 bridgehead atoms. The highest BCUT2D eigenvalue weighted by molar-refractivity contribution is 5.15.